The van der Waals surface area contributed by atoms with Gasteiger partial charge in [-0.1, -0.05) is 6.42 Å². The lowest BCUT2D eigenvalue weighted by atomic mass is 9.98. The van der Waals surface area contributed by atoms with Gasteiger partial charge in [-0.2, -0.15) is 5.10 Å². The van der Waals surface area contributed by atoms with Crippen LogP contribution in [0, 0.1) is 19.7 Å². The molecule has 1 aromatic heterocycles. The summed E-state index contributed by atoms with van der Waals surface area (Å²) in [6, 6.07) is 7.12. The SMILES string of the molecule is Cc1nn(-c2ccc(F)cc2)c(C)c1CN1CC[C@@H]2NC(=O)CCCC[C@H]21. The van der Waals surface area contributed by atoms with Gasteiger partial charge in [-0.3, -0.25) is 9.69 Å². The van der Waals surface area contributed by atoms with Gasteiger partial charge in [-0.25, -0.2) is 9.07 Å². The third kappa shape index (κ3) is 3.63. The molecule has 3 heterocycles. The van der Waals surface area contributed by atoms with Gasteiger partial charge in [0.05, 0.1) is 11.4 Å². The van der Waals surface area contributed by atoms with Gasteiger partial charge < -0.3 is 5.32 Å². The van der Waals surface area contributed by atoms with Gasteiger partial charge >= 0.3 is 0 Å². The highest BCUT2D eigenvalue weighted by Crippen LogP contribution is 2.29. The molecule has 1 aromatic carbocycles. The number of hydrogen-bond acceptors (Lipinski definition) is 3. The van der Waals surface area contributed by atoms with Crippen LogP contribution in [0.5, 0.6) is 0 Å². The number of likely N-dealkylation sites (tertiary alicyclic amines) is 1. The molecule has 2 aliphatic heterocycles. The van der Waals surface area contributed by atoms with Crippen LogP contribution < -0.4 is 5.32 Å². The fourth-order valence-electron chi connectivity index (χ4n) is 4.52. The predicted molar refractivity (Wildman–Crippen MR) is 102 cm³/mol. The summed E-state index contributed by atoms with van der Waals surface area (Å²) in [4.78, 5) is 14.5. The standard InChI is InChI=1S/C21H27FN4O/c1-14-18(15(2)26(24-14)17-9-7-16(22)8-10-17)13-25-12-11-19-20(25)5-3-4-6-21(27)23-19/h7-10,19-20H,3-6,11-13H2,1-2H3,(H,23,27)/t19-,20+/m0/s1. The third-order valence-electron chi connectivity index (χ3n) is 6.03. The fourth-order valence-corrected chi connectivity index (χ4v) is 4.52. The van der Waals surface area contributed by atoms with Crippen molar-refractivity contribution in [1.29, 1.82) is 0 Å². The zero-order chi connectivity index (χ0) is 19.0. The molecule has 1 N–H and O–H groups in total. The summed E-state index contributed by atoms with van der Waals surface area (Å²) < 4.78 is 15.1. The van der Waals surface area contributed by atoms with Crippen LogP contribution in [0.15, 0.2) is 24.3 Å². The zero-order valence-electron chi connectivity index (χ0n) is 16.0. The molecular formula is C21H27FN4O. The number of nitrogens with zero attached hydrogens (tertiary/aromatic N) is 3. The van der Waals surface area contributed by atoms with E-state index in [1.165, 1.54) is 17.7 Å². The molecule has 6 heteroatoms. The first-order valence-electron chi connectivity index (χ1n) is 9.87. The average Bonchev–Trinajstić information content (AvgIpc) is 3.12. The first-order valence-corrected chi connectivity index (χ1v) is 9.87. The van der Waals surface area contributed by atoms with E-state index in [0.29, 0.717) is 12.5 Å². The summed E-state index contributed by atoms with van der Waals surface area (Å²) >= 11 is 0. The number of hydrogen-bond donors (Lipinski definition) is 1. The van der Waals surface area contributed by atoms with Crippen LogP contribution in [-0.2, 0) is 11.3 Å². The minimum absolute atomic E-state index is 0.197. The molecule has 2 fully saturated rings. The van der Waals surface area contributed by atoms with Crippen LogP contribution in [0.3, 0.4) is 0 Å². The Morgan fingerprint density at radius 3 is 2.74 bits per heavy atom. The fraction of sp³-hybridized carbons (Fsp3) is 0.524. The van der Waals surface area contributed by atoms with Crippen molar-refractivity contribution in [3.63, 3.8) is 0 Å². The largest absolute Gasteiger partial charge is 0.352 e. The lowest BCUT2D eigenvalue weighted by molar-refractivity contribution is -0.122. The number of carbonyl (C=O) groups excluding carboxylic acids is 1. The Morgan fingerprint density at radius 1 is 1.19 bits per heavy atom. The zero-order valence-corrected chi connectivity index (χ0v) is 16.0. The number of aryl methyl sites for hydroxylation is 1. The molecule has 5 nitrogen and oxygen atoms in total. The summed E-state index contributed by atoms with van der Waals surface area (Å²) in [6.07, 6.45) is 4.89. The molecule has 0 spiro atoms. The van der Waals surface area contributed by atoms with E-state index in [0.717, 1.165) is 55.8 Å². The Balaban J connectivity index is 1.56. The highest BCUT2D eigenvalue weighted by Gasteiger charge is 2.36. The number of amides is 1. The third-order valence-corrected chi connectivity index (χ3v) is 6.03. The first-order chi connectivity index (χ1) is 13.0. The van der Waals surface area contributed by atoms with Gasteiger partial charge in [0.25, 0.3) is 0 Å². The highest BCUT2D eigenvalue weighted by atomic mass is 19.1. The van der Waals surface area contributed by atoms with Crippen LogP contribution >= 0.6 is 0 Å². The highest BCUT2D eigenvalue weighted by molar-refractivity contribution is 5.76. The minimum atomic E-state index is -0.241. The van der Waals surface area contributed by atoms with Crippen molar-refractivity contribution in [2.24, 2.45) is 0 Å². The van der Waals surface area contributed by atoms with Crippen molar-refractivity contribution in [2.75, 3.05) is 6.54 Å². The molecule has 27 heavy (non-hydrogen) atoms. The minimum Gasteiger partial charge on any atom is -0.352 e. The summed E-state index contributed by atoms with van der Waals surface area (Å²) in [5.41, 5.74) is 4.21. The summed E-state index contributed by atoms with van der Waals surface area (Å²) in [5, 5.41) is 7.92. The molecule has 0 saturated carbocycles. The molecule has 144 valence electrons. The molecule has 1 amide bonds. The average molecular weight is 370 g/mol. The molecule has 2 aliphatic rings. The van der Waals surface area contributed by atoms with Gasteiger partial charge in [-0.05, 0) is 57.4 Å². The summed E-state index contributed by atoms with van der Waals surface area (Å²) in [6.45, 7) is 5.95. The van der Waals surface area contributed by atoms with Crippen LogP contribution in [-0.4, -0.2) is 39.2 Å². The van der Waals surface area contributed by atoms with Crippen LogP contribution in [0.2, 0.25) is 0 Å². The van der Waals surface area contributed by atoms with Crippen molar-refractivity contribution in [2.45, 2.75) is 64.6 Å². The van der Waals surface area contributed by atoms with Crippen molar-refractivity contribution < 1.29 is 9.18 Å². The molecule has 0 aliphatic carbocycles. The summed E-state index contributed by atoms with van der Waals surface area (Å²) in [5.74, 6) is -0.0435. The maximum absolute atomic E-state index is 13.2. The Bertz CT molecular complexity index is 829. The molecule has 0 radical (unpaired) electrons. The predicted octanol–water partition coefficient (Wildman–Crippen LogP) is 3.26. The second kappa shape index (κ2) is 7.43. The van der Waals surface area contributed by atoms with Gasteiger partial charge in [0, 0.05) is 42.9 Å². The number of benzene rings is 1. The van der Waals surface area contributed by atoms with Crippen LogP contribution in [0.4, 0.5) is 4.39 Å². The van der Waals surface area contributed by atoms with E-state index in [4.69, 9.17) is 5.10 Å². The van der Waals surface area contributed by atoms with Crippen molar-refractivity contribution in [3.8, 4) is 5.69 Å². The van der Waals surface area contributed by atoms with Gasteiger partial charge in [0.1, 0.15) is 5.82 Å². The Morgan fingerprint density at radius 2 is 1.96 bits per heavy atom. The monoisotopic (exact) mass is 370 g/mol. The topological polar surface area (TPSA) is 50.2 Å². The normalized spacial score (nSPS) is 23.6. The van der Waals surface area contributed by atoms with Crippen molar-refractivity contribution >= 4 is 5.91 Å². The lowest BCUT2D eigenvalue weighted by Crippen LogP contribution is -2.45. The number of nitrogens with one attached hydrogen (secondary N) is 1. The Hall–Kier alpha value is -2.21. The summed E-state index contributed by atoms with van der Waals surface area (Å²) in [7, 11) is 0. The van der Waals surface area contributed by atoms with E-state index in [1.54, 1.807) is 12.1 Å². The lowest BCUT2D eigenvalue weighted by Gasteiger charge is -2.30. The van der Waals surface area contributed by atoms with E-state index < -0.39 is 0 Å². The van der Waals surface area contributed by atoms with Gasteiger partial charge in [0.2, 0.25) is 5.91 Å². The van der Waals surface area contributed by atoms with E-state index in [1.807, 2.05) is 11.6 Å². The van der Waals surface area contributed by atoms with Crippen LogP contribution in [0.25, 0.3) is 5.69 Å². The second-order valence-electron chi connectivity index (χ2n) is 7.78. The molecule has 2 saturated heterocycles. The molecular weight excluding hydrogens is 343 g/mol. The van der Waals surface area contributed by atoms with Crippen molar-refractivity contribution in [1.82, 2.24) is 20.0 Å². The Labute approximate surface area is 159 Å². The van der Waals surface area contributed by atoms with E-state index >= 15 is 0 Å². The maximum atomic E-state index is 13.2. The van der Waals surface area contributed by atoms with Gasteiger partial charge in [0.15, 0.2) is 0 Å². The number of carbonyl (C=O) groups is 1. The Kier molecular flexibility index (Phi) is 5.00. The number of aromatic nitrogens is 2. The number of fused-ring (bicyclic) bond motifs is 1. The van der Waals surface area contributed by atoms with E-state index in [-0.39, 0.29) is 17.8 Å². The number of rotatable bonds is 3. The number of halogens is 1. The van der Waals surface area contributed by atoms with Gasteiger partial charge in [-0.15, -0.1) is 0 Å². The van der Waals surface area contributed by atoms with Crippen LogP contribution in [0.1, 0.15) is 49.1 Å². The molecule has 4 rings (SSSR count). The molecule has 2 atom stereocenters. The first kappa shape index (κ1) is 18.2. The van der Waals surface area contributed by atoms with Crippen molar-refractivity contribution in [3.05, 3.63) is 47.0 Å². The molecule has 0 bridgehead atoms. The second-order valence-corrected chi connectivity index (χ2v) is 7.78. The molecule has 2 aromatic rings. The maximum Gasteiger partial charge on any atom is 0.220 e. The molecule has 0 unspecified atom stereocenters. The smallest absolute Gasteiger partial charge is 0.220 e. The van der Waals surface area contributed by atoms with E-state index in [9.17, 15) is 9.18 Å². The van der Waals surface area contributed by atoms with E-state index in [2.05, 4.69) is 17.1 Å². The quantitative estimate of drug-likeness (QED) is 0.902.